The molecule has 0 aliphatic heterocycles. The number of H-pyrrole nitrogens is 1. The number of allylic oxidation sites excluding steroid dienone is 4. The van der Waals surface area contributed by atoms with Crippen molar-refractivity contribution in [2.45, 2.75) is 27.7 Å². The first-order valence-corrected chi connectivity index (χ1v) is 4.70. The van der Waals surface area contributed by atoms with Gasteiger partial charge in [0.1, 0.15) is 0 Å². The van der Waals surface area contributed by atoms with Crippen LogP contribution in [0.4, 0.5) is 0 Å². The molecule has 1 radical (unpaired) electrons. The molecular weight excluding hydrogens is 273 g/mol. The zero-order valence-electron chi connectivity index (χ0n) is 10.6. The van der Waals surface area contributed by atoms with Gasteiger partial charge in [0.2, 0.25) is 0 Å². The third kappa shape index (κ3) is 19.2. The van der Waals surface area contributed by atoms with E-state index in [0.717, 1.165) is 11.1 Å². The minimum atomic E-state index is 0. The predicted molar refractivity (Wildman–Crippen MR) is 66.0 cm³/mol. The third-order valence-electron chi connectivity index (χ3n) is 1.37. The largest absolute Gasteiger partial charge is 0.391 e. The van der Waals surface area contributed by atoms with E-state index in [4.69, 9.17) is 6.58 Å². The van der Waals surface area contributed by atoms with Crippen molar-refractivity contribution in [2.24, 2.45) is 0 Å². The average molecular weight is 293 g/mol. The van der Waals surface area contributed by atoms with Crippen LogP contribution in [0.1, 0.15) is 27.7 Å². The summed E-state index contributed by atoms with van der Waals surface area (Å²) in [6.07, 6.45) is 9.75. The van der Waals surface area contributed by atoms with Gasteiger partial charge in [-0.2, -0.15) is 0 Å². The van der Waals surface area contributed by atoms with Crippen LogP contribution < -0.4 is 0 Å². The van der Waals surface area contributed by atoms with E-state index >= 15 is 0 Å². The molecule has 1 heterocycles. The van der Waals surface area contributed by atoms with Crippen molar-refractivity contribution in [1.82, 2.24) is 9.97 Å². The first kappa shape index (κ1) is 20.9. The molecule has 3 heteroatoms. The van der Waals surface area contributed by atoms with Gasteiger partial charge in [-0.25, -0.2) is 4.98 Å². The molecule has 1 N–H and O–H groups in total. The maximum absolute atomic E-state index is 5.36. The Morgan fingerprint density at radius 2 is 2.00 bits per heavy atom. The molecule has 0 fully saturated rings. The second kappa shape index (κ2) is 16.9. The van der Waals surface area contributed by atoms with E-state index < -0.39 is 0 Å². The fourth-order valence-electron chi connectivity index (χ4n) is 0.412. The van der Waals surface area contributed by atoms with E-state index in [1.807, 2.05) is 27.7 Å². The Hall–Kier alpha value is -0.466. The number of hydrogen-bond donors (Lipinski definition) is 1. The maximum atomic E-state index is 5.36. The van der Waals surface area contributed by atoms with E-state index in [-0.39, 0.29) is 32.7 Å². The Morgan fingerprint density at radius 1 is 1.50 bits per heavy atom. The molecule has 0 amide bonds. The van der Waals surface area contributed by atoms with Crippen molar-refractivity contribution in [3.8, 4) is 0 Å². The van der Waals surface area contributed by atoms with Gasteiger partial charge in [0.25, 0.3) is 0 Å². The molecule has 0 aliphatic carbocycles. The summed E-state index contributed by atoms with van der Waals surface area (Å²) in [7, 11) is 0. The molecule has 0 saturated heterocycles. The van der Waals surface area contributed by atoms with Crippen LogP contribution >= 0.6 is 0 Å². The fraction of sp³-hybridized carbons (Fsp3) is 0.308. The first-order valence-electron chi connectivity index (χ1n) is 4.70. The summed E-state index contributed by atoms with van der Waals surface area (Å²) in [5, 5.41) is 0. The number of hydrogen-bond acceptors (Lipinski definition) is 1. The summed E-state index contributed by atoms with van der Waals surface area (Å²) in [5.41, 5.74) is 1.89. The van der Waals surface area contributed by atoms with Crippen LogP contribution in [0.5, 0.6) is 0 Å². The summed E-state index contributed by atoms with van der Waals surface area (Å²) in [6.45, 7) is 16.3. The third-order valence-corrected chi connectivity index (χ3v) is 1.37. The average Bonchev–Trinajstić information content (AvgIpc) is 2.75. The molecule has 2 nitrogen and oxygen atoms in total. The number of rotatable bonds is 1. The Kier molecular flexibility index (Phi) is 22.1. The van der Waals surface area contributed by atoms with Gasteiger partial charge in [0.05, 0.1) is 6.33 Å². The van der Waals surface area contributed by atoms with Crippen molar-refractivity contribution >= 4 is 0 Å². The van der Waals surface area contributed by atoms with Crippen LogP contribution in [0, 0.1) is 12.7 Å². The molecule has 16 heavy (non-hydrogen) atoms. The molecular formula is C13H20N2Y-2. The van der Waals surface area contributed by atoms with Gasteiger partial charge in [-0.1, -0.05) is 6.08 Å². The summed E-state index contributed by atoms with van der Waals surface area (Å²) in [4.78, 5) is 6.42. The molecule has 0 spiro atoms. The molecule has 1 aromatic heterocycles. The van der Waals surface area contributed by atoms with Gasteiger partial charge in [0, 0.05) is 45.1 Å². The van der Waals surface area contributed by atoms with Crippen LogP contribution in [-0.2, 0) is 32.7 Å². The summed E-state index contributed by atoms with van der Waals surface area (Å²) < 4.78 is 0. The van der Waals surface area contributed by atoms with Gasteiger partial charge in [-0.3, -0.25) is 0 Å². The van der Waals surface area contributed by atoms with Crippen LogP contribution in [0.2, 0.25) is 0 Å². The Labute approximate surface area is 125 Å². The zero-order valence-corrected chi connectivity index (χ0v) is 13.5. The molecule has 0 bridgehead atoms. The monoisotopic (exact) mass is 293 g/mol. The number of nitrogens with zero attached hydrogens (tertiary/aromatic N) is 1. The van der Waals surface area contributed by atoms with Crippen molar-refractivity contribution in [2.75, 3.05) is 0 Å². The second-order valence-electron chi connectivity index (χ2n) is 2.73. The number of aromatic amines is 1. The van der Waals surface area contributed by atoms with Crippen molar-refractivity contribution in [1.29, 1.82) is 0 Å². The summed E-state index contributed by atoms with van der Waals surface area (Å²) in [5.74, 6) is 0. The molecule has 1 rings (SSSR count). The van der Waals surface area contributed by atoms with Crippen LogP contribution in [0.25, 0.3) is 0 Å². The van der Waals surface area contributed by atoms with E-state index in [2.05, 4.69) is 22.6 Å². The first-order chi connectivity index (χ1) is 7.09. The van der Waals surface area contributed by atoms with Gasteiger partial charge in [-0.05, 0) is 6.92 Å². The van der Waals surface area contributed by atoms with E-state index in [1.54, 1.807) is 24.8 Å². The van der Waals surface area contributed by atoms with Gasteiger partial charge in [0.15, 0.2) is 0 Å². The molecule has 0 saturated carbocycles. The Bertz CT molecular complexity index is 257. The van der Waals surface area contributed by atoms with E-state index in [9.17, 15) is 0 Å². The van der Waals surface area contributed by atoms with Crippen LogP contribution in [-0.4, -0.2) is 9.97 Å². The fourth-order valence-corrected chi connectivity index (χ4v) is 0.412. The Balaban J connectivity index is -0.000000166. The quantitative estimate of drug-likeness (QED) is 0.477. The molecule has 1 aromatic rings. The molecule has 0 aliphatic rings. The molecule has 0 unspecified atom stereocenters. The predicted octanol–water partition coefficient (Wildman–Crippen LogP) is 3.73. The minimum absolute atomic E-state index is 0. The topological polar surface area (TPSA) is 28.7 Å². The molecule has 87 valence electrons. The van der Waals surface area contributed by atoms with Crippen molar-refractivity contribution < 1.29 is 32.7 Å². The summed E-state index contributed by atoms with van der Waals surface area (Å²) in [6, 6.07) is 0. The van der Waals surface area contributed by atoms with E-state index in [0.29, 0.717) is 0 Å². The minimum Gasteiger partial charge on any atom is -0.391 e. The van der Waals surface area contributed by atoms with Crippen molar-refractivity contribution in [3.05, 3.63) is 55.2 Å². The smallest absolute Gasteiger partial charge is 0.0919 e. The van der Waals surface area contributed by atoms with Gasteiger partial charge < -0.3 is 28.8 Å². The van der Waals surface area contributed by atoms with Gasteiger partial charge >= 0.3 is 0 Å². The summed E-state index contributed by atoms with van der Waals surface area (Å²) >= 11 is 0. The maximum Gasteiger partial charge on any atom is 0.0919 e. The Morgan fingerprint density at radius 3 is 2.06 bits per heavy atom. The van der Waals surface area contributed by atoms with E-state index in [1.165, 1.54) is 0 Å². The van der Waals surface area contributed by atoms with Gasteiger partial charge in [-0.15, -0.1) is 27.4 Å². The number of nitrogens with one attached hydrogen (secondary N) is 1. The SMILES string of the molecule is C=CC.[CH-]=C(C)C(C)=[C-]C.[Y].c1c[nH]cn1. The zero-order chi connectivity index (χ0) is 12.1. The molecule has 0 atom stereocenters. The molecule has 0 aromatic carbocycles. The second-order valence-corrected chi connectivity index (χ2v) is 2.73. The standard InChI is InChI=1S/C7H10.C3H4N2.C3H6.Y/c1-5-7(4)6(2)3;1-2-5-3-4-1;1-3-2;/h2H,1,3-4H3;1-3H,(H,4,5);3H,1H2,2H3;/q-2;;;. The van der Waals surface area contributed by atoms with Crippen LogP contribution in [0.3, 0.4) is 0 Å². The van der Waals surface area contributed by atoms with Crippen LogP contribution in [0.15, 0.2) is 42.5 Å². The normalized spacial score (nSPS) is 8.38. The van der Waals surface area contributed by atoms with Crippen molar-refractivity contribution in [3.63, 3.8) is 0 Å². The number of imidazole rings is 1. The number of aromatic nitrogens is 2.